The average Bonchev–Trinajstić information content (AvgIpc) is 2.76. The first-order valence-electron chi connectivity index (χ1n) is 10.0. The zero-order valence-electron chi connectivity index (χ0n) is 17.0. The highest BCUT2D eigenvalue weighted by Gasteiger charge is 2.24. The van der Waals surface area contributed by atoms with E-state index in [2.05, 4.69) is 16.0 Å². The molecule has 2 aromatic rings. The van der Waals surface area contributed by atoms with Crippen LogP contribution < -0.4 is 16.0 Å². The molecule has 0 saturated carbocycles. The fourth-order valence-electron chi connectivity index (χ4n) is 3.20. The number of rotatable bonds is 7. The maximum Gasteiger partial charge on any atom is 0.319 e. The standard InChI is InChI=1S/C22H25FN4O3S/c23-16-6-8-18(9-7-16)24-20(28)14-31-15-21(29)27-12-10-19(11-13-27)26-22(30)25-17-4-2-1-3-5-17/h1-9,19H,10-15H2,(H,24,28)(H2,25,26,30). The minimum atomic E-state index is -0.367. The number of carbonyl (C=O) groups excluding carboxylic acids is 3. The minimum Gasteiger partial charge on any atom is -0.342 e. The van der Waals surface area contributed by atoms with Crippen LogP contribution in [0.1, 0.15) is 12.8 Å². The highest BCUT2D eigenvalue weighted by Crippen LogP contribution is 2.14. The summed E-state index contributed by atoms with van der Waals surface area (Å²) in [6.07, 6.45) is 1.37. The Morgan fingerprint density at radius 1 is 0.903 bits per heavy atom. The van der Waals surface area contributed by atoms with Gasteiger partial charge in [0.05, 0.1) is 11.5 Å². The van der Waals surface area contributed by atoms with Gasteiger partial charge >= 0.3 is 6.03 Å². The number of amides is 4. The van der Waals surface area contributed by atoms with E-state index >= 15 is 0 Å². The number of likely N-dealkylation sites (tertiary alicyclic amines) is 1. The molecule has 1 saturated heterocycles. The van der Waals surface area contributed by atoms with E-state index in [1.165, 1.54) is 36.0 Å². The molecule has 0 spiro atoms. The molecule has 1 aliphatic heterocycles. The van der Waals surface area contributed by atoms with E-state index in [0.717, 1.165) is 5.69 Å². The van der Waals surface area contributed by atoms with Crippen molar-refractivity contribution in [2.24, 2.45) is 0 Å². The number of thioether (sulfide) groups is 1. The first-order valence-corrected chi connectivity index (χ1v) is 11.2. The Bertz CT molecular complexity index is 887. The molecular weight excluding hydrogens is 419 g/mol. The molecule has 0 radical (unpaired) electrons. The van der Waals surface area contributed by atoms with Crippen LogP contribution in [0.15, 0.2) is 54.6 Å². The van der Waals surface area contributed by atoms with Crippen molar-refractivity contribution in [3.8, 4) is 0 Å². The van der Waals surface area contributed by atoms with Crippen LogP contribution in [0.4, 0.5) is 20.6 Å². The largest absolute Gasteiger partial charge is 0.342 e. The molecule has 0 bridgehead atoms. The molecule has 1 fully saturated rings. The number of para-hydroxylation sites is 1. The van der Waals surface area contributed by atoms with Crippen LogP contribution in [0, 0.1) is 5.82 Å². The lowest BCUT2D eigenvalue weighted by Crippen LogP contribution is -2.48. The molecule has 31 heavy (non-hydrogen) atoms. The van der Waals surface area contributed by atoms with Crippen molar-refractivity contribution in [2.45, 2.75) is 18.9 Å². The van der Waals surface area contributed by atoms with Gasteiger partial charge in [-0.05, 0) is 49.2 Å². The maximum atomic E-state index is 12.9. The third-order valence-electron chi connectivity index (χ3n) is 4.80. The second kappa shape index (κ2) is 11.4. The summed E-state index contributed by atoms with van der Waals surface area (Å²) in [6, 6.07) is 14.5. The molecule has 0 aliphatic carbocycles. The summed E-state index contributed by atoms with van der Waals surface area (Å²) in [5.41, 5.74) is 1.25. The van der Waals surface area contributed by atoms with E-state index in [0.29, 0.717) is 31.6 Å². The summed E-state index contributed by atoms with van der Waals surface area (Å²) in [4.78, 5) is 38.2. The lowest BCUT2D eigenvalue weighted by atomic mass is 10.1. The van der Waals surface area contributed by atoms with E-state index < -0.39 is 0 Å². The Hall–Kier alpha value is -3.07. The summed E-state index contributed by atoms with van der Waals surface area (Å²) < 4.78 is 12.9. The maximum absolute atomic E-state index is 12.9. The fraction of sp³-hybridized carbons (Fsp3) is 0.318. The molecule has 7 nitrogen and oxygen atoms in total. The molecule has 0 atom stereocenters. The third kappa shape index (κ3) is 7.60. The van der Waals surface area contributed by atoms with Crippen molar-refractivity contribution in [3.63, 3.8) is 0 Å². The normalized spacial score (nSPS) is 14.0. The molecule has 4 amide bonds. The van der Waals surface area contributed by atoms with Gasteiger partial charge in [-0.3, -0.25) is 9.59 Å². The molecule has 3 rings (SSSR count). The van der Waals surface area contributed by atoms with Crippen molar-refractivity contribution in [2.75, 3.05) is 35.2 Å². The van der Waals surface area contributed by atoms with Crippen molar-refractivity contribution < 1.29 is 18.8 Å². The average molecular weight is 445 g/mol. The Morgan fingerprint density at radius 3 is 2.23 bits per heavy atom. The van der Waals surface area contributed by atoms with Crippen molar-refractivity contribution in [1.82, 2.24) is 10.2 Å². The molecule has 2 aromatic carbocycles. The lowest BCUT2D eigenvalue weighted by molar-refractivity contribution is -0.129. The van der Waals surface area contributed by atoms with Crippen LogP contribution >= 0.6 is 11.8 Å². The minimum absolute atomic E-state index is 0.0157. The lowest BCUT2D eigenvalue weighted by Gasteiger charge is -2.32. The molecule has 0 unspecified atom stereocenters. The highest BCUT2D eigenvalue weighted by molar-refractivity contribution is 8.00. The molecule has 1 heterocycles. The van der Waals surface area contributed by atoms with E-state index in [-0.39, 0.29) is 41.2 Å². The third-order valence-corrected chi connectivity index (χ3v) is 5.72. The van der Waals surface area contributed by atoms with Gasteiger partial charge in [-0.25, -0.2) is 9.18 Å². The summed E-state index contributed by atoms with van der Waals surface area (Å²) in [5, 5.41) is 8.40. The number of urea groups is 1. The fourth-order valence-corrected chi connectivity index (χ4v) is 3.92. The predicted molar refractivity (Wildman–Crippen MR) is 121 cm³/mol. The molecule has 164 valence electrons. The van der Waals surface area contributed by atoms with E-state index in [1.807, 2.05) is 30.3 Å². The van der Waals surface area contributed by atoms with Gasteiger partial charge in [0.25, 0.3) is 0 Å². The van der Waals surface area contributed by atoms with Gasteiger partial charge in [0.2, 0.25) is 11.8 Å². The quantitative estimate of drug-likeness (QED) is 0.611. The zero-order chi connectivity index (χ0) is 22.1. The smallest absolute Gasteiger partial charge is 0.319 e. The number of carbonyl (C=O) groups is 3. The van der Waals surface area contributed by atoms with Crippen LogP contribution in [0.5, 0.6) is 0 Å². The summed E-state index contributed by atoms with van der Waals surface area (Å²) >= 11 is 1.24. The summed E-state index contributed by atoms with van der Waals surface area (Å²) in [7, 11) is 0. The number of nitrogens with one attached hydrogen (secondary N) is 3. The topological polar surface area (TPSA) is 90.5 Å². The Morgan fingerprint density at radius 2 is 1.55 bits per heavy atom. The van der Waals surface area contributed by atoms with Crippen molar-refractivity contribution in [1.29, 1.82) is 0 Å². The van der Waals surface area contributed by atoms with Gasteiger partial charge in [0, 0.05) is 30.5 Å². The van der Waals surface area contributed by atoms with Crippen LogP contribution in [0.25, 0.3) is 0 Å². The molecule has 1 aliphatic rings. The monoisotopic (exact) mass is 444 g/mol. The van der Waals surface area contributed by atoms with Gasteiger partial charge in [-0.15, -0.1) is 11.8 Å². The van der Waals surface area contributed by atoms with E-state index in [1.54, 1.807) is 4.90 Å². The van der Waals surface area contributed by atoms with Crippen molar-refractivity contribution >= 4 is 41.0 Å². The second-order valence-corrected chi connectivity index (χ2v) is 8.15. The van der Waals surface area contributed by atoms with E-state index in [4.69, 9.17) is 0 Å². The number of anilines is 2. The second-order valence-electron chi connectivity index (χ2n) is 7.17. The van der Waals surface area contributed by atoms with Gasteiger partial charge in [-0.2, -0.15) is 0 Å². The molecule has 0 aromatic heterocycles. The number of nitrogens with zero attached hydrogens (tertiary/aromatic N) is 1. The highest BCUT2D eigenvalue weighted by atomic mass is 32.2. The molecular formula is C22H25FN4O3S. The van der Waals surface area contributed by atoms with Gasteiger partial charge in [-0.1, -0.05) is 18.2 Å². The van der Waals surface area contributed by atoms with Gasteiger partial charge in [0.1, 0.15) is 5.82 Å². The summed E-state index contributed by atoms with van der Waals surface area (Å²) in [6.45, 7) is 1.13. The molecule has 9 heteroatoms. The summed E-state index contributed by atoms with van der Waals surface area (Å²) in [5.74, 6) is -0.276. The predicted octanol–water partition coefficient (Wildman–Crippen LogP) is 3.31. The van der Waals surface area contributed by atoms with Crippen molar-refractivity contribution in [3.05, 3.63) is 60.4 Å². The zero-order valence-corrected chi connectivity index (χ0v) is 17.8. The van der Waals surface area contributed by atoms with Crippen LogP contribution in [0.3, 0.4) is 0 Å². The SMILES string of the molecule is O=C(CSCC(=O)N1CCC(NC(=O)Nc2ccccc2)CC1)Nc1ccc(F)cc1. The Balaban J connectivity index is 1.31. The number of hydrogen-bond acceptors (Lipinski definition) is 4. The first kappa shape index (κ1) is 22.6. The Kier molecular flexibility index (Phi) is 8.28. The van der Waals surface area contributed by atoms with Crippen LogP contribution in [0.2, 0.25) is 0 Å². The van der Waals surface area contributed by atoms with Gasteiger partial charge in [0.15, 0.2) is 0 Å². The Labute approximate surface area is 184 Å². The number of halogens is 1. The van der Waals surface area contributed by atoms with Crippen LogP contribution in [-0.2, 0) is 9.59 Å². The number of piperidine rings is 1. The molecule has 3 N–H and O–H groups in total. The van der Waals surface area contributed by atoms with Crippen LogP contribution in [-0.4, -0.2) is 53.4 Å². The number of hydrogen-bond donors (Lipinski definition) is 3. The first-order chi connectivity index (χ1) is 15.0. The van der Waals surface area contributed by atoms with E-state index in [9.17, 15) is 18.8 Å². The van der Waals surface area contributed by atoms with Gasteiger partial charge < -0.3 is 20.9 Å². The number of benzene rings is 2.